The molecule has 0 unspecified atom stereocenters. The van der Waals surface area contributed by atoms with Crippen molar-refractivity contribution in [2.24, 2.45) is 5.41 Å². The third kappa shape index (κ3) is 4.50. The lowest BCUT2D eigenvalue weighted by atomic mass is 9.85. The zero-order valence-corrected chi connectivity index (χ0v) is 19.6. The van der Waals surface area contributed by atoms with Crippen molar-refractivity contribution in [3.05, 3.63) is 46.8 Å². The summed E-state index contributed by atoms with van der Waals surface area (Å²) < 4.78 is 36.8. The van der Waals surface area contributed by atoms with E-state index in [9.17, 15) is 18.4 Å². The third-order valence-corrected chi connectivity index (χ3v) is 6.71. The number of benzene rings is 1. The largest absolute Gasteiger partial charge is 0.503 e. The molecular formula is C20H28N5O6S+. The standard InChI is InChI=1S/C20H27N5O6S/c1-12-10-11-14(30-12)17(20(2,3)4)22-18-19(25(27)31-23-18)21-13-8-7-9-15(16(13)26)32(28,29)24(5)6/h7-11,17,21H,1-6H3,(H2-,22,23,26,27)/p+1/t17-/m0/s1. The van der Waals surface area contributed by atoms with Crippen LogP contribution < -0.4 is 15.2 Å². The lowest BCUT2D eigenvalue weighted by Crippen LogP contribution is -2.26. The van der Waals surface area contributed by atoms with Crippen LogP contribution in [0.1, 0.15) is 38.3 Å². The highest BCUT2D eigenvalue weighted by Crippen LogP contribution is 2.39. The second-order valence-corrected chi connectivity index (χ2v) is 10.8. The second kappa shape index (κ2) is 8.36. The zero-order chi connectivity index (χ0) is 23.8. The molecule has 0 spiro atoms. The number of phenols is 1. The number of anilines is 3. The van der Waals surface area contributed by atoms with Crippen molar-refractivity contribution in [1.82, 2.24) is 9.46 Å². The highest BCUT2D eigenvalue weighted by Gasteiger charge is 2.33. The van der Waals surface area contributed by atoms with Crippen molar-refractivity contribution in [3.8, 4) is 5.75 Å². The summed E-state index contributed by atoms with van der Waals surface area (Å²) in [5.74, 6) is 0.970. The minimum absolute atomic E-state index is 0.0107. The number of aromatic hydroxyl groups is 1. The molecule has 0 aliphatic rings. The van der Waals surface area contributed by atoms with Crippen LogP contribution in [0.3, 0.4) is 0 Å². The molecule has 3 aromatic rings. The minimum Gasteiger partial charge on any atom is -0.503 e. The maximum Gasteiger partial charge on any atom is 0.371 e. The topological polar surface area (TPSA) is 147 Å². The van der Waals surface area contributed by atoms with Crippen molar-refractivity contribution in [2.45, 2.75) is 38.6 Å². The van der Waals surface area contributed by atoms with E-state index >= 15 is 0 Å². The first kappa shape index (κ1) is 23.4. The molecule has 1 aromatic carbocycles. The number of hydrogen-bond acceptors (Lipinski definition) is 8. The normalized spacial score (nSPS) is 13.3. The van der Waals surface area contributed by atoms with Gasteiger partial charge in [0.05, 0.1) is 6.04 Å². The summed E-state index contributed by atoms with van der Waals surface area (Å²) in [7, 11) is -1.19. The minimum atomic E-state index is -3.90. The van der Waals surface area contributed by atoms with Crippen LogP contribution in [-0.4, -0.2) is 37.1 Å². The van der Waals surface area contributed by atoms with Crippen molar-refractivity contribution in [3.63, 3.8) is 0 Å². The van der Waals surface area contributed by atoms with Crippen LogP contribution in [0, 0.1) is 17.2 Å². The molecule has 0 aliphatic heterocycles. The molecule has 0 amide bonds. The van der Waals surface area contributed by atoms with Crippen LogP contribution in [0.15, 0.2) is 44.3 Å². The van der Waals surface area contributed by atoms with Gasteiger partial charge in [-0.15, -0.1) is 4.63 Å². The van der Waals surface area contributed by atoms with Gasteiger partial charge in [0.1, 0.15) is 22.1 Å². The van der Waals surface area contributed by atoms with Gasteiger partial charge in [0.15, 0.2) is 10.3 Å². The van der Waals surface area contributed by atoms with E-state index < -0.39 is 15.8 Å². The van der Waals surface area contributed by atoms with E-state index in [1.807, 2.05) is 39.8 Å². The van der Waals surface area contributed by atoms with Gasteiger partial charge in [-0.25, -0.2) is 12.7 Å². The first-order valence-electron chi connectivity index (χ1n) is 9.81. The molecule has 174 valence electrons. The SMILES string of the molecule is Cc1ccc([C@H](Nc2[nH]o[n+](=O)c2Nc2cccc(S(=O)(=O)N(C)C)c2O)C(C)(C)C)o1. The second-order valence-electron chi connectivity index (χ2n) is 8.63. The molecule has 2 heterocycles. The number of sulfonamides is 1. The van der Waals surface area contributed by atoms with Gasteiger partial charge in [0, 0.05) is 14.1 Å². The molecule has 3 rings (SSSR count). The molecule has 11 nitrogen and oxygen atoms in total. The summed E-state index contributed by atoms with van der Waals surface area (Å²) in [6, 6.07) is 7.51. The number of furan rings is 1. The van der Waals surface area contributed by atoms with Gasteiger partial charge in [0.25, 0.3) is 5.82 Å². The molecule has 32 heavy (non-hydrogen) atoms. The fourth-order valence-corrected chi connectivity index (χ4v) is 4.10. The van der Waals surface area contributed by atoms with Crippen LogP contribution in [0.4, 0.5) is 17.3 Å². The Bertz CT molecular complexity index is 1270. The lowest BCUT2D eigenvalue weighted by Gasteiger charge is -2.29. The Morgan fingerprint density at radius 2 is 1.88 bits per heavy atom. The summed E-state index contributed by atoms with van der Waals surface area (Å²) in [6.45, 7) is 7.84. The smallest absolute Gasteiger partial charge is 0.371 e. The molecule has 4 N–H and O–H groups in total. The predicted molar refractivity (Wildman–Crippen MR) is 118 cm³/mol. The summed E-state index contributed by atoms with van der Waals surface area (Å²) in [5, 5.41) is 19.1. The number of rotatable bonds is 7. The molecule has 12 heteroatoms. The number of nitrogens with one attached hydrogen (secondary N) is 3. The molecule has 0 radical (unpaired) electrons. The number of aromatic nitrogens is 2. The van der Waals surface area contributed by atoms with Gasteiger partial charge in [-0.1, -0.05) is 32.0 Å². The van der Waals surface area contributed by atoms with E-state index in [-0.39, 0.29) is 38.3 Å². The first-order valence-corrected chi connectivity index (χ1v) is 11.2. The summed E-state index contributed by atoms with van der Waals surface area (Å²) in [6.07, 6.45) is 0. The Morgan fingerprint density at radius 1 is 1.19 bits per heavy atom. The number of aryl methyl sites for hydroxylation is 1. The number of H-pyrrole nitrogens is 1. The maximum atomic E-state index is 12.5. The van der Waals surface area contributed by atoms with E-state index in [1.165, 1.54) is 32.3 Å². The quantitative estimate of drug-likeness (QED) is 0.388. The number of para-hydroxylation sites is 1. The van der Waals surface area contributed by atoms with Crippen molar-refractivity contribution >= 4 is 27.3 Å². The number of hydrogen-bond donors (Lipinski definition) is 4. The Hall–Kier alpha value is -3.25. The number of nitrogens with zero attached hydrogens (tertiary/aromatic N) is 2. The Morgan fingerprint density at radius 3 is 2.44 bits per heavy atom. The van der Waals surface area contributed by atoms with Gasteiger partial charge in [-0.3, -0.25) is 5.32 Å². The molecule has 1 atom stereocenters. The highest BCUT2D eigenvalue weighted by atomic mass is 32.2. The lowest BCUT2D eigenvalue weighted by molar-refractivity contribution is -0.701. The zero-order valence-electron chi connectivity index (χ0n) is 18.8. The average molecular weight is 467 g/mol. The van der Waals surface area contributed by atoms with Crippen molar-refractivity contribution in [1.29, 1.82) is 0 Å². The molecule has 0 bridgehead atoms. The van der Waals surface area contributed by atoms with Crippen molar-refractivity contribution < 1.29 is 27.2 Å². The van der Waals surface area contributed by atoms with Gasteiger partial charge in [-0.2, -0.15) is 0 Å². The van der Waals surface area contributed by atoms with E-state index in [1.54, 1.807) is 0 Å². The van der Waals surface area contributed by atoms with Crippen LogP contribution in [0.5, 0.6) is 5.75 Å². The Labute approximate surface area is 185 Å². The summed E-state index contributed by atoms with van der Waals surface area (Å²) in [5.41, 5.74) is -0.307. The molecular weight excluding hydrogens is 438 g/mol. The van der Waals surface area contributed by atoms with E-state index in [0.29, 0.717) is 5.76 Å². The molecule has 0 saturated heterocycles. The number of aromatic amines is 1. The van der Waals surface area contributed by atoms with E-state index in [4.69, 9.17) is 9.05 Å². The van der Waals surface area contributed by atoms with Crippen LogP contribution >= 0.6 is 0 Å². The van der Waals surface area contributed by atoms with Crippen LogP contribution in [-0.2, 0) is 10.0 Å². The Balaban J connectivity index is 2.00. The van der Waals surface area contributed by atoms with Gasteiger partial charge >= 0.3 is 5.82 Å². The van der Waals surface area contributed by atoms with Gasteiger partial charge < -0.3 is 14.8 Å². The van der Waals surface area contributed by atoms with Crippen molar-refractivity contribution in [2.75, 3.05) is 24.7 Å². The fraction of sp³-hybridized carbons (Fsp3) is 0.400. The summed E-state index contributed by atoms with van der Waals surface area (Å²) >= 11 is 0. The highest BCUT2D eigenvalue weighted by molar-refractivity contribution is 7.89. The van der Waals surface area contributed by atoms with E-state index in [0.717, 1.165) is 10.1 Å². The van der Waals surface area contributed by atoms with Gasteiger partial charge in [0.2, 0.25) is 10.0 Å². The predicted octanol–water partition coefficient (Wildman–Crippen LogP) is 3.32. The Kier molecular flexibility index (Phi) is 6.11. The van der Waals surface area contributed by atoms with Crippen LogP contribution in [0.2, 0.25) is 0 Å². The number of phenolic OH excluding ortho intramolecular Hbond substituents is 1. The fourth-order valence-electron chi connectivity index (χ4n) is 3.10. The monoisotopic (exact) mass is 466 g/mol. The molecule has 2 aromatic heterocycles. The molecule has 0 saturated carbocycles. The van der Waals surface area contributed by atoms with E-state index in [2.05, 4.69) is 15.8 Å². The average Bonchev–Trinajstić information content (AvgIpc) is 3.26. The van der Waals surface area contributed by atoms with Gasteiger partial charge in [-0.05, 0) is 41.5 Å². The first-order chi connectivity index (χ1) is 14.8. The molecule has 0 aliphatic carbocycles. The third-order valence-electron chi connectivity index (χ3n) is 4.86. The summed E-state index contributed by atoms with van der Waals surface area (Å²) in [4.78, 5) is 12.0. The molecule has 0 fully saturated rings. The van der Waals surface area contributed by atoms with Crippen LogP contribution in [0.25, 0.3) is 0 Å². The maximum absolute atomic E-state index is 12.5.